The molecular formula is C15H24N2O. The van der Waals surface area contributed by atoms with E-state index in [1.807, 2.05) is 6.26 Å². The summed E-state index contributed by atoms with van der Waals surface area (Å²) in [6.45, 7) is 6.74. The van der Waals surface area contributed by atoms with Crippen LogP contribution in [0.4, 0.5) is 0 Å². The van der Waals surface area contributed by atoms with Crippen molar-refractivity contribution in [3.63, 3.8) is 0 Å². The number of hydrogen-bond donors (Lipinski definition) is 1. The first kappa shape index (κ1) is 12.2. The Balaban J connectivity index is 1.53. The third-order valence-corrected chi connectivity index (χ3v) is 4.31. The first-order chi connectivity index (χ1) is 8.85. The molecule has 2 heterocycles. The van der Waals surface area contributed by atoms with Crippen LogP contribution in [0.5, 0.6) is 0 Å². The topological polar surface area (TPSA) is 28.4 Å². The van der Waals surface area contributed by atoms with Crippen LogP contribution in [0.3, 0.4) is 0 Å². The summed E-state index contributed by atoms with van der Waals surface area (Å²) in [6.07, 6.45) is 7.19. The van der Waals surface area contributed by atoms with Crippen molar-refractivity contribution in [2.75, 3.05) is 13.1 Å². The van der Waals surface area contributed by atoms with E-state index < -0.39 is 0 Å². The Kier molecular flexibility index (Phi) is 3.71. The molecule has 2 fully saturated rings. The molecule has 1 aliphatic heterocycles. The lowest BCUT2D eigenvalue weighted by Crippen LogP contribution is -2.22. The summed E-state index contributed by atoms with van der Waals surface area (Å²) in [5, 5.41) is 3.57. The minimum atomic E-state index is 0.768. The van der Waals surface area contributed by atoms with E-state index in [0.717, 1.165) is 25.0 Å². The third kappa shape index (κ3) is 2.96. The van der Waals surface area contributed by atoms with Gasteiger partial charge in [-0.2, -0.15) is 0 Å². The maximum Gasteiger partial charge on any atom is 0.122 e. The molecule has 0 aromatic carbocycles. The van der Waals surface area contributed by atoms with Crippen LogP contribution in [0.25, 0.3) is 0 Å². The molecule has 100 valence electrons. The fraction of sp³-hybridized carbons (Fsp3) is 0.733. The van der Waals surface area contributed by atoms with E-state index in [9.17, 15) is 0 Å². The van der Waals surface area contributed by atoms with Crippen LogP contribution < -0.4 is 5.32 Å². The van der Waals surface area contributed by atoms with Gasteiger partial charge in [0, 0.05) is 24.7 Å². The van der Waals surface area contributed by atoms with Crippen LogP contribution in [0, 0.1) is 5.92 Å². The van der Waals surface area contributed by atoms with Gasteiger partial charge in [-0.15, -0.1) is 0 Å². The summed E-state index contributed by atoms with van der Waals surface area (Å²) in [5.41, 5.74) is 1.35. The zero-order chi connectivity index (χ0) is 12.4. The van der Waals surface area contributed by atoms with Crippen molar-refractivity contribution in [3.05, 3.63) is 23.7 Å². The van der Waals surface area contributed by atoms with Gasteiger partial charge in [-0.05, 0) is 37.8 Å². The van der Waals surface area contributed by atoms with E-state index in [2.05, 4.69) is 23.2 Å². The van der Waals surface area contributed by atoms with Crippen molar-refractivity contribution in [1.82, 2.24) is 10.2 Å². The van der Waals surface area contributed by atoms with Gasteiger partial charge in [0.15, 0.2) is 0 Å². The minimum absolute atomic E-state index is 0.768. The van der Waals surface area contributed by atoms with Crippen molar-refractivity contribution in [3.8, 4) is 0 Å². The van der Waals surface area contributed by atoms with E-state index in [1.165, 1.54) is 50.1 Å². The van der Waals surface area contributed by atoms with E-state index >= 15 is 0 Å². The number of likely N-dealkylation sites (tertiary alicyclic amines) is 1. The molecule has 3 nitrogen and oxygen atoms in total. The van der Waals surface area contributed by atoms with E-state index in [-0.39, 0.29) is 0 Å². The van der Waals surface area contributed by atoms with Gasteiger partial charge in [-0.1, -0.05) is 13.3 Å². The van der Waals surface area contributed by atoms with Gasteiger partial charge in [0.05, 0.1) is 12.8 Å². The zero-order valence-corrected chi connectivity index (χ0v) is 11.3. The summed E-state index contributed by atoms with van der Waals surface area (Å²) in [4.78, 5) is 2.54. The lowest BCUT2D eigenvalue weighted by Gasteiger charge is -2.15. The molecule has 1 aromatic heterocycles. The fourth-order valence-electron chi connectivity index (χ4n) is 2.80. The first-order valence-corrected chi connectivity index (χ1v) is 7.36. The van der Waals surface area contributed by atoms with E-state index in [0.29, 0.717) is 0 Å². The number of furan rings is 1. The Morgan fingerprint density at radius 3 is 3.00 bits per heavy atom. The Hall–Kier alpha value is -0.800. The van der Waals surface area contributed by atoms with Crippen LogP contribution in [-0.4, -0.2) is 24.0 Å². The highest BCUT2D eigenvalue weighted by Gasteiger charge is 2.24. The van der Waals surface area contributed by atoms with Gasteiger partial charge in [0.2, 0.25) is 0 Å². The van der Waals surface area contributed by atoms with Crippen molar-refractivity contribution in [1.29, 1.82) is 0 Å². The minimum Gasteiger partial charge on any atom is -0.468 e. The van der Waals surface area contributed by atoms with Crippen molar-refractivity contribution in [2.45, 2.75) is 51.7 Å². The summed E-state index contributed by atoms with van der Waals surface area (Å²) in [6, 6.07) is 2.89. The van der Waals surface area contributed by atoms with Gasteiger partial charge in [0.1, 0.15) is 5.76 Å². The second-order valence-corrected chi connectivity index (χ2v) is 5.82. The number of nitrogens with one attached hydrogen (secondary N) is 1. The second-order valence-electron chi connectivity index (χ2n) is 5.82. The lowest BCUT2D eigenvalue weighted by molar-refractivity contribution is 0.283. The third-order valence-electron chi connectivity index (χ3n) is 4.31. The van der Waals surface area contributed by atoms with Gasteiger partial charge >= 0.3 is 0 Å². The molecule has 0 bridgehead atoms. The molecule has 1 saturated carbocycles. The highest BCUT2D eigenvalue weighted by Crippen LogP contribution is 2.24. The van der Waals surface area contributed by atoms with Gasteiger partial charge in [-0.3, -0.25) is 4.90 Å². The summed E-state index contributed by atoms with van der Waals surface area (Å²) >= 11 is 0. The fourth-order valence-corrected chi connectivity index (χ4v) is 2.80. The van der Waals surface area contributed by atoms with E-state index in [1.54, 1.807) is 0 Å². The van der Waals surface area contributed by atoms with Crippen LogP contribution in [0.2, 0.25) is 0 Å². The molecule has 1 N–H and O–H groups in total. The monoisotopic (exact) mass is 248 g/mol. The molecular weight excluding hydrogens is 224 g/mol. The van der Waals surface area contributed by atoms with Crippen LogP contribution >= 0.6 is 0 Å². The standard InChI is InChI=1S/C15H24N2O/c1-2-12-5-7-17(10-12)11-15-13(6-8-18-15)9-16-14-3-4-14/h6,8,12,14,16H,2-5,7,9-11H2,1H3. The Labute approximate surface area is 110 Å². The molecule has 2 aliphatic rings. The maximum absolute atomic E-state index is 5.67. The zero-order valence-electron chi connectivity index (χ0n) is 11.3. The average Bonchev–Trinajstić information content (AvgIpc) is 2.93. The quantitative estimate of drug-likeness (QED) is 0.839. The highest BCUT2D eigenvalue weighted by molar-refractivity contribution is 5.17. The van der Waals surface area contributed by atoms with Crippen LogP contribution in [0.1, 0.15) is 43.9 Å². The molecule has 1 aromatic rings. The number of hydrogen-bond acceptors (Lipinski definition) is 3. The maximum atomic E-state index is 5.67. The smallest absolute Gasteiger partial charge is 0.122 e. The summed E-state index contributed by atoms with van der Waals surface area (Å²) in [5.74, 6) is 2.06. The Bertz CT molecular complexity index is 384. The van der Waals surface area contributed by atoms with Crippen LogP contribution in [0.15, 0.2) is 16.7 Å². The van der Waals surface area contributed by atoms with Gasteiger partial charge in [0.25, 0.3) is 0 Å². The first-order valence-electron chi connectivity index (χ1n) is 7.36. The highest BCUT2D eigenvalue weighted by atomic mass is 16.3. The van der Waals surface area contributed by atoms with Gasteiger partial charge < -0.3 is 9.73 Å². The number of rotatable bonds is 6. The van der Waals surface area contributed by atoms with Crippen molar-refractivity contribution in [2.24, 2.45) is 5.92 Å². The predicted molar refractivity (Wildman–Crippen MR) is 72.2 cm³/mol. The summed E-state index contributed by atoms with van der Waals surface area (Å²) in [7, 11) is 0. The number of nitrogens with zero attached hydrogens (tertiary/aromatic N) is 1. The molecule has 3 rings (SSSR count). The van der Waals surface area contributed by atoms with Crippen LogP contribution in [-0.2, 0) is 13.1 Å². The second kappa shape index (κ2) is 5.45. The largest absolute Gasteiger partial charge is 0.468 e. The molecule has 3 heteroatoms. The molecule has 1 unspecified atom stereocenters. The average molecular weight is 248 g/mol. The predicted octanol–water partition coefficient (Wildman–Crippen LogP) is 2.76. The molecule has 18 heavy (non-hydrogen) atoms. The van der Waals surface area contributed by atoms with Crippen molar-refractivity contribution >= 4 is 0 Å². The Morgan fingerprint density at radius 2 is 2.28 bits per heavy atom. The summed E-state index contributed by atoms with van der Waals surface area (Å²) < 4.78 is 5.67. The molecule has 1 atom stereocenters. The molecule has 1 aliphatic carbocycles. The molecule has 0 amide bonds. The lowest BCUT2D eigenvalue weighted by atomic mass is 10.1. The molecule has 0 spiro atoms. The molecule has 0 radical (unpaired) electrons. The SMILES string of the molecule is CCC1CCN(Cc2occc2CNC2CC2)C1. The van der Waals surface area contributed by atoms with Crippen molar-refractivity contribution < 1.29 is 4.42 Å². The normalized spacial score (nSPS) is 24.8. The van der Waals surface area contributed by atoms with E-state index in [4.69, 9.17) is 4.42 Å². The Morgan fingerprint density at radius 1 is 1.39 bits per heavy atom. The van der Waals surface area contributed by atoms with Gasteiger partial charge in [-0.25, -0.2) is 0 Å². The molecule has 1 saturated heterocycles.